The van der Waals surface area contributed by atoms with Gasteiger partial charge in [-0.15, -0.1) is 0 Å². The van der Waals surface area contributed by atoms with Crippen LogP contribution in [0.5, 0.6) is 17.4 Å². The van der Waals surface area contributed by atoms with Crippen LogP contribution in [0, 0.1) is 5.92 Å². The number of rotatable bonds is 6. The number of urea groups is 1. The summed E-state index contributed by atoms with van der Waals surface area (Å²) < 4.78 is 17.0. The fraction of sp³-hybridized carbons (Fsp3) is 0.357. The minimum Gasteiger partial charge on any atom is -0.472 e. The number of aromatic nitrogens is 2. The highest BCUT2D eigenvalue weighted by atomic mass is 16.7. The van der Waals surface area contributed by atoms with Gasteiger partial charge < -0.3 is 34.4 Å². The molecule has 3 atom stereocenters. The van der Waals surface area contributed by atoms with Crippen molar-refractivity contribution in [3.63, 3.8) is 0 Å². The Bertz CT molecular complexity index is 1350. The van der Waals surface area contributed by atoms with Crippen LogP contribution in [0.4, 0.5) is 10.5 Å². The van der Waals surface area contributed by atoms with E-state index in [-0.39, 0.29) is 43.7 Å². The van der Waals surface area contributed by atoms with Crippen molar-refractivity contribution < 1.29 is 28.9 Å². The van der Waals surface area contributed by atoms with Gasteiger partial charge in [-0.25, -0.2) is 9.78 Å². The number of fused-ring (bicyclic) bond motifs is 2. The Balaban J connectivity index is 1.38. The van der Waals surface area contributed by atoms with Crippen LogP contribution in [0.2, 0.25) is 0 Å². The third kappa shape index (κ3) is 5.58. The number of likely N-dealkylation sites (N-methyl/N-ethyl adjacent to an activating group) is 1. The third-order valence-corrected chi connectivity index (χ3v) is 6.96. The maximum atomic E-state index is 13.6. The number of carbonyl (C=O) groups excluding carboxylic acids is 2. The molecule has 2 aromatic heterocycles. The summed E-state index contributed by atoms with van der Waals surface area (Å²) >= 11 is 0. The molecular formula is C28H31N5O6. The smallest absolute Gasteiger partial charge is 0.321 e. The number of amides is 3. The van der Waals surface area contributed by atoms with Crippen molar-refractivity contribution in [1.82, 2.24) is 19.8 Å². The van der Waals surface area contributed by atoms with Crippen molar-refractivity contribution in [1.29, 1.82) is 0 Å². The molecular weight excluding hydrogens is 502 g/mol. The van der Waals surface area contributed by atoms with E-state index in [0.717, 1.165) is 11.1 Å². The molecule has 0 radical (unpaired) electrons. The topological polar surface area (TPSA) is 126 Å². The highest BCUT2D eigenvalue weighted by Gasteiger charge is 2.35. The van der Waals surface area contributed by atoms with E-state index < -0.39 is 12.1 Å². The van der Waals surface area contributed by atoms with E-state index in [0.29, 0.717) is 29.3 Å². The molecule has 39 heavy (non-hydrogen) atoms. The van der Waals surface area contributed by atoms with Crippen molar-refractivity contribution in [3.8, 4) is 28.5 Å². The molecule has 0 fully saturated rings. The lowest BCUT2D eigenvalue weighted by atomic mass is 9.99. The first-order valence-electron chi connectivity index (χ1n) is 12.7. The number of hydrogen-bond acceptors (Lipinski definition) is 8. The van der Waals surface area contributed by atoms with Crippen molar-refractivity contribution in [2.24, 2.45) is 5.92 Å². The van der Waals surface area contributed by atoms with Crippen LogP contribution in [0.1, 0.15) is 24.2 Å². The predicted octanol–water partition coefficient (Wildman–Crippen LogP) is 3.26. The number of anilines is 1. The summed E-state index contributed by atoms with van der Waals surface area (Å²) in [5.41, 5.74) is 2.48. The molecule has 4 heterocycles. The number of nitrogens with one attached hydrogen (secondary N) is 1. The van der Waals surface area contributed by atoms with Crippen LogP contribution in [0.25, 0.3) is 11.1 Å². The van der Waals surface area contributed by atoms with Gasteiger partial charge in [0.1, 0.15) is 11.7 Å². The largest absolute Gasteiger partial charge is 0.472 e. The standard InChI is InChI=1S/C28H31N5O6/c1-17-13-33(18(2)15-34)27(35)22-10-20(19-6-8-29-9-7-19)12-30-26(22)39-25(17)14-32(3)28(36)31-21-4-5-23-24(11-21)38-16-37-23/h4-12,17-18,25,34H,13-16H2,1-3H3,(H,31,36)/t17-,18+,25+/m0/s1. The van der Waals surface area contributed by atoms with E-state index in [4.69, 9.17) is 14.2 Å². The van der Waals surface area contributed by atoms with Gasteiger partial charge in [-0.3, -0.25) is 9.78 Å². The van der Waals surface area contributed by atoms with Gasteiger partial charge in [-0.05, 0) is 42.8 Å². The summed E-state index contributed by atoms with van der Waals surface area (Å²) in [6, 6.07) is 9.88. The van der Waals surface area contributed by atoms with Crippen molar-refractivity contribution in [3.05, 3.63) is 60.6 Å². The number of aliphatic hydroxyl groups excluding tert-OH is 1. The molecule has 2 aliphatic rings. The summed E-state index contributed by atoms with van der Waals surface area (Å²) in [5, 5.41) is 12.8. The molecule has 0 bridgehead atoms. The molecule has 3 amide bonds. The minimum atomic E-state index is -0.475. The van der Waals surface area contributed by atoms with Gasteiger partial charge in [0.25, 0.3) is 5.91 Å². The van der Waals surface area contributed by atoms with Crippen LogP contribution in [0.3, 0.4) is 0 Å². The second-order valence-electron chi connectivity index (χ2n) is 9.81. The molecule has 5 rings (SSSR count). The Kier molecular flexibility index (Phi) is 7.51. The molecule has 0 saturated heterocycles. The predicted molar refractivity (Wildman–Crippen MR) is 143 cm³/mol. The molecule has 0 unspecified atom stereocenters. The molecule has 11 heteroatoms. The first kappa shape index (κ1) is 26.2. The van der Waals surface area contributed by atoms with Crippen LogP contribution in [-0.2, 0) is 0 Å². The summed E-state index contributed by atoms with van der Waals surface area (Å²) in [6.07, 6.45) is 4.53. The second-order valence-corrected chi connectivity index (χ2v) is 9.81. The normalized spacial score (nSPS) is 18.9. The fourth-order valence-electron chi connectivity index (χ4n) is 4.57. The van der Waals surface area contributed by atoms with Crippen LogP contribution in [-0.4, -0.2) is 82.5 Å². The molecule has 0 saturated carbocycles. The van der Waals surface area contributed by atoms with E-state index in [2.05, 4.69) is 15.3 Å². The summed E-state index contributed by atoms with van der Waals surface area (Å²) in [7, 11) is 1.68. The number of pyridine rings is 2. The molecule has 1 aromatic carbocycles. The molecule has 2 aliphatic heterocycles. The molecule has 3 aromatic rings. The Morgan fingerprint density at radius 3 is 2.72 bits per heavy atom. The molecule has 204 valence electrons. The molecule has 2 N–H and O–H groups in total. The average Bonchev–Trinajstić information content (AvgIpc) is 3.42. The number of hydrogen-bond donors (Lipinski definition) is 2. The first-order chi connectivity index (χ1) is 18.8. The van der Waals surface area contributed by atoms with Gasteiger partial charge in [0.15, 0.2) is 11.5 Å². The average molecular weight is 534 g/mol. The van der Waals surface area contributed by atoms with Crippen molar-refractivity contribution in [2.45, 2.75) is 26.0 Å². The number of carbonyl (C=O) groups is 2. The number of ether oxygens (including phenoxy) is 3. The van der Waals surface area contributed by atoms with Crippen LogP contribution in [0.15, 0.2) is 55.0 Å². The maximum Gasteiger partial charge on any atom is 0.321 e. The lowest BCUT2D eigenvalue weighted by Crippen LogP contribution is -2.50. The fourth-order valence-corrected chi connectivity index (χ4v) is 4.57. The lowest BCUT2D eigenvalue weighted by Gasteiger charge is -2.37. The molecule has 0 spiro atoms. The van der Waals surface area contributed by atoms with Gasteiger partial charge in [-0.1, -0.05) is 6.92 Å². The molecule has 0 aliphatic carbocycles. The Morgan fingerprint density at radius 1 is 1.18 bits per heavy atom. The van der Waals surface area contributed by atoms with Gasteiger partial charge in [0.2, 0.25) is 12.7 Å². The zero-order chi connectivity index (χ0) is 27.5. The van der Waals surface area contributed by atoms with Crippen molar-refractivity contribution >= 4 is 17.6 Å². The summed E-state index contributed by atoms with van der Waals surface area (Å²) in [5.74, 6) is 0.957. The van der Waals surface area contributed by atoms with Gasteiger partial charge in [0.05, 0.1) is 19.2 Å². The van der Waals surface area contributed by atoms with E-state index in [9.17, 15) is 14.7 Å². The Hall–Kier alpha value is -4.38. The maximum absolute atomic E-state index is 13.6. The van der Waals surface area contributed by atoms with E-state index in [1.165, 1.54) is 4.90 Å². The second kappa shape index (κ2) is 11.2. The number of nitrogens with zero attached hydrogens (tertiary/aromatic N) is 4. The van der Waals surface area contributed by atoms with Crippen LogP contribution >= 0.6 is 0 Å². The zero-order valence-electron chi connectivity index (χ0n) is 22.0. The Labute approximate surface area is 226 Å². The monoisotopic (exact) mass is 533 g/mol. The highest BCUT2D eigenvalue weighted by molar-refractivity contribution is 5.98. The SMILES string of the molecule is C[C@H](CO)N1C[C@H](C)[C@@H](CN(C)C(=O)Nc2ccc3c(c2)OCO3)Oc2ncc(-c3ccncc3)cc2C1=O. The lowest BCUT2D eigenvalue weighted by molar-refractivity contribution is 0.0356. The quantitative estimate of drug-likeness (QED) is 0.495. The minimum absolute atomic E-state index is 0.150. The Morgan fingerprint density at radius 2 is 1.95 bits per heavy atom. The van der Waals surface area contributed by atoms with E-state index in [1.807, 2.05) is 19.1 Å². The van der Waals surface area contributed by atoms with E-state index in [1.54, 1.807) is 61.7 Å². The van der Waals surface area contributed by atoms with Gasteiger partial charge >= 0.3 is 6.03 Å². The number of benzene rings is 1. The highest BCUT2D eigenvalue weighted by Crippen LogP contribution is 2.34. The zero-order valence-corrected chi connectivity index (χ0v) is 22.0. The van der Waals surface area contributed by atoms with E-state index >= 15 is 0 Å². The summed E-state index contributed by atoms with van der Waals surface area (Å²) in [4.78, 5) is 38.4. The number of aliphatic hydroxyl groups is 1. The molecule has 11 nitrogen and oxygen atoms in total. The third-order valence-electron chi connectivity index (χ3n) is 6.96. The van der Waals surface area contributed by atoms with Gasteiger partial charge in [0, 0.05) is 55.4 Å². The van der Waals surface area contributed by atoms with Crippen molar-refractivity contribution in [2.75, 3.05) is 38.9 Å². The first-order valence-corrected chi connectivity index (χ1v) is 12.7. The summed E-state index contributed by atoms with van der Waals surface area (Å²) in [6.45, 7) is 4.29. The van der Waals surface area contributed by atoms with Gasteiger partial charge in [-0.2, -0.15) is 0 Å². The van der Waals surface area contributed by atoms with Crippen LogP contribution < -0.4 is 19.5 Å².